The summed E-state index contributed by atoms with van der Waals surface area (Å²) in [5.74, 6) is -0.134. The number of nitrogens with one attached hydrogen (secondary N) is 2. The highest BCUT2D eigenvalue weighted by Gasteiger charge is 2.58. The van der Waals surface area contributed by atoms with Gasteiger partial charge < -0.3 is 15.4 Å². The lowest BCUT2D eigenvalue weighted by molar-refractivity contribution is -0.146. The zero-order chi connectivity index (χ0) is 14.8. The van der Waals surface area contributed by atoms with E-state index in [0.29, 0.717) is 0 Å². The summed E-state index contributed by atoms with van der Waals surface area (Å²) in [7, 11) is 1.37. The molecule has 1 heterocycles. The molecule has 1 amide bonds. The number of esters is 1. The highest BCUT2D eigenvalue weighted by molar-refractivity contribution is 5.88. The van der Waals surface area contributed by atoms with Crippen LogP contribution in [-0.2, 0) is 14.3 Å². The van der Waals surface area contributed by atoms with E-state index < -0.39 is 6.04 Å². The number of rotatable bonds is 5. The summed E-state index contributed by atoms with van der Waals surface area (Å²) in [6, 6.07) is -0.517. The second-order valence-electron chi connectivity index (χ2n) is 6.26. The van der Waals surface area contributed by atoms with Crippen molar-refractivity contribution in [3.63, 3.8) is 0 Å². The van der Waals surface area contributed by atoms with Crippen LogP contribution in [0.2, 0.25) is 0 Å². The summed E-state index contributed by atoms with van der Waals surface area (Å²) < 4.78 is 4.81. The molecule has 2 fully saturated rings. The average Bonchev–Trinajstić information content (AvgIpc) is 3.17. The van der Waals surface area contributed by atoms with Crippen molar-refractivity contribution in [3.8, 4) is 0 Å². The molecule has 5 nitrogen and oxygen atoms in total. The van der Waals surface area contributed by atoms with Crippen molar-refractivity contribution in [3.05, 3.63) is 0 Å². The topological polar surface area (TPSA) is 67.4 Å². The molecule has 1 unspecified atom stereocenters. The quantitative estimate of drug-likeness (QED) is 0.754. The molecule has 1 aliphatic carbocycles. The Balaban J connectivity index is 0.00000220. The van der Waals surface area contributed by atoms with Gasteiger partial charge in [-0.3, -0.25) is 4.79 Å². The molecular formula is C15H27ClN2O3. The van der Waals surface area contributed by atoms with Crippen molar-refractivity contribution in [1.82, 2.24) is 10.6 Å². The van der Waals surface area contributed by atoms with Crippen LogP contribution in [0.15, 0.2) is 0 Å². The number of amides is 1. The summed E-state index contributed by atoms with van der Waals surface area (Å²) in [6.45, 7) is 5.97. The van der Waals surface area contributed by atoms with Gasteiger partial charge in [0.05, 0.1) is 7.11 Å². The van der Waals surface area contributed by atoms with Crippen molar-refractivity contribution >= 4 is 24.3 Å². The van der Waals surface area contributed by atoms with E-state index in [-0.39, 0.29) is 41.5 Å². The SMILES string of the molecule is CC[C@H](C)[C@H](NC(=O)C1CC12CCNCC2)C(=O)OC.Cl. The van der Waals surface area contributed by atoms with Crippen molar-refractivity contribution in [2.75, 3.05) is 20.2 Å². The normalized spacial score (nSPS) is 25.4. The number of hydrogen-bond donors (Lipinski definition) is 2. The third kappa shape index (κ3) is 3.89. The van der Waals surface area contributed by atoms with Gasteiger partial charge in [-0.2, -0.15) is 0 Å². The molecule has 0 aromatic carbocycles. The van der Waals surface area contributed by atoms with Gasteiger partial charge in [-0.25, -0.2) is 4.79 Å². The van der Waals surface area contributed by atoms with Gasteiger partial charge in [-0.05, 0) is 43.7 Å². The zero-order valence-electron chi connectivity index (χ0n) is 13.1. The van der Waals surface area contributed by atoms with Gasteiger partial charge in [-0.1, -0.05) is 20.3 Å². The number of hydrogen-bond acceptors (Lipinski definition) is 4. The molecule has 1 aliphatic heterocycles. The molecule has 122 valence electrons. The molecule has 0 radical (unpaired) electrons. The molecule has 1 saturated carbocycles. The van der Waals surface area contributed by atoms with E-state index in [9.17, 15) is 9.59 Å². The Kier molecular flexibility index (Phi) is 6.47. The van der Waals surface area contributed by atoms with Crippen LogP contribution in [0.1, 0.15) is 39.5 Å². The fourth-order valence-electron chi connectivity index (χ4n) is 3.25. The molecule has 6 heteroatoms. The standard InChI is InChI=1S/C15H26N2O3.ClH/c1-4-10(2)12(14(19)20-3)17-13(18)11-9-15(11)5-7-16-8-6-15;/h10-12,16H,4-9H2,1-3H3,(H,17,18);1H/t10-,11?,12-;/m0./s1. The summed E-state index contributed by atoms with van der Waals surface area (Å²) in [5, 5.41) is 6.25. The van der Waals surface area contributed by atoms with Gasteiger partial charge in [0.1, 0.15) is 6.04 Å². The third-order valence-corrected chi connectivity index (χ3v) is 5.07. The lowest BCUT2D eigenvalue weighted by Gasteiger charge is -2.25. The first-order valence-electron chi connectivity index (χ1n) is 7.63. The Labute approximate surface area is 133 Å². The summed E-state index contributed by atoms with van der Waals surface area (Å²) in [6.07, 6.45) is 3.93. The zero-order valence-corrected chi connectivity index (χ0v) is 13.9. The van der Waals surface area contributed by atoms with Crippen LogP contribution in [0.5, 0.6) is 0 Å². The first-order valence-corrected chi connectivity index (χ1v) is 7.63. The first-order chi connectivity index (χ1) is 9.54. The van der Waals surface area contributed by atoms with Crippen LogP contribution < -0.4 is 10.6 Å². The molecule has 1 spiro atoms. The molecule has 2 N–H and O–H groups in total. The largest absolute Gasteiger partial charge is 0.467 e. The monoisotopic (exact) mass is 318 g/mol. The minimum Gasteiger partial charge on any atom is -0.467 e. The van der Waals surface area contributed by atoms with E-state index in [1.54, 1.807) is 0 Å². The van der Waals surface area contributed by atoms with Crippen LogP contribution >= 0.6 is 12.4 Å². The highest BCUT2D eigenvalue weighted by atomic mass is 35.5. The van der Waals surface area contributed by atoms with Crippen molar-refractivity contribution < 1.29 is 14.3 Å². The minimum atomic E-state index is -0.517. The van der Waals surface area contributed by atoms with Crippen molar-refractivity contribution in [1.29, 1.82) is 0 Å². The summed E-state index contributed by atoms with van der Waals surface area (Å²) >= 11 is 0. The van der Waals surface area contributed by atoms with Crippen LogP contribution in [0, 0.1) is 17.3 Å². The van der Waals surface area contributed by atoms with Crippen LogP contribution in [0.4, 0.5) is 0 Å². The maximum absolute atomic E-state index is 12.4. The Morgan fingerprint density at radius 3 is 2.52 bits per heavy atom. The predicted octanol–water partition coefficient (Wildman–Crippen LogP) is 1.50. The summed E-state index contributed by atoms with van der Waals surface area (Å²) in [4.78, 5) is 24.2. The van der Waals surface area contributed by atoms with Gasteiger partial charge in [0.2, 0.25) is 5.91 Å². The van der Waals surface area contributed by atoms with Crippen molar-refractivity contribution in [2.45, 2.75) is 45.6 Å². The van der Waals surface area contributed by atoms with Crippen LogP contribution in [0.3, 0.4) is 0 Å². The van der Waals surface area contributed by atoms with Gasteiger partial charge >= 0.3 is 5.97 Å². The van der Waals surface area contributed by atoms with E-state index in [0.717, 1.165) is 38.8 Å². The van der Waals surface area contributed by atoms with Gasteiger partial charge in [0, 0.05) is 5.92 Å². The van der Waals surface area contributed by atoms with Crippen LogP contribution in [-0.4, -0.2) is 38.1 Å². The number of carbonyl (C=O) groups excluding carboxylic acids is 2. The average molecular weight is 319 g/mol. The third-order valence-electron chi connectivity index (χ3n) is 5.07. The van der Waals surface area contributed by atoms with Gasteiger partial charge in [0.25, 0.3) is 0 Å². The lowest BCUT2D eigenvalue weighted by atomic mass is 9.91. The Morgan fingerprint density at radius 2 is 2.00 bits per heavy atom. The van der Waals surface area contributed by atoms with Gasteiger partial charge in [0.15, 0.2) is 0 Å². The van der Waals surface area contributed by atoms with E-state index in [2.05, 4.69) is 10.6 Å². The maximum Gasteiger partial charge on any atom is 0.328 e. The number of carbonyl (C=O) groups is 2. The van der Waals surface area contributed by atoms with E-state index in [4.69, 9.17) is 4.74 Å². The fraction of sp³-hybridized carbons (Fsp3) is 0.867. The fourth-order valence-corrected chi connectivity index (χ4v) is 3.25. The Morgan fingerprint density at radius 1 is 1.38 bits per heavy atom. The molecule has 21 heavy (non-hydrogen) atoms. The molecule has 2 rings (SSSR count). The van der Waals surface area contributed by atoms with Crippen molar-refractivity contribution in [2.24, 2.45) is 17.3 Å². The molecule has 3 atom stereocenters. The highest BCUT2D eigenvalue weighted by Crippen LogP contribution is 2.58. The second kappa shape index (κ2) is 7.45. The van der Waals surface area contributed by atoms with E-state index >= 15 is 0 Å². The van der Waals surface area contributed by atoms with E-state index in [1.165, 1.54) is 7.11 Å². The summed E-state index contributed by atoms with van der Waals surface area (Å²) in [5.41, 5.74) is 0.200. The maximum atomic E-state index is 12.4. The number of ether oxygens (including phenoxy) is 1. The second-order valence-corrected chi connectivity index (χ2v) is 6.26. The molecule has 2 aliphatic rings. The minimum absolute atomic E-state index is 0. The molecule has 0 bridgehead atoms. The molecular weight excluding hydrogens is 292 g/mol. The Bertz CT molecular complexity index is 383. The predicted molar refractivity (Wildman–Crippen MR) is 83.3 cm³/mol. The van der Waals surface area contributed by atoms with Crippen LogP contribution in [0.25, 0.3) is 0 Å². The Hall–Kier alpha value is -0.810. The molecule has 0 aromatic rings. The number of methoxy groups -OCH3 is 1. The van der Waals surface area contributed by atoms with E-state index in [1.807, 2.05) is 13.8 Å². The molecule has 0 aromatic heterocycles. The number of halogens is 1. The molecule has 1 saturated heterocycles. The first kappa shape index (κ1) is 18.2. The number of piperidine rings is 1. The van der Waals surface area contributed by atoms with Gasteiger partial charge in [-0.15, -0.1) is 12.4 Å². The smallest absolute Gasteiger partial charge is 0.328 e. The lowest BCUT2D eigenvalue weighted by Crippen LogP contribution is -2.47.